The predicted octanol–water partition coefficient (Wildman–Crippen LogP) is 3.06. The van der Waals surface area contributed by atoms with Crippen molar-refractivity contribution in [2.45, 2.75) is 13.8 Å². The number of aryl methyl sites for hydroxylation is 1. The first-order valence-electron chi connectivity index (χ1n) is 6.32. The van der Waals surface area contributed by atoms with Crippen molar-refractivity contribution in [1.29, 1.82) is 0 Å². The summed E-state index contributed by atoms with van der Waals surface area (Å²) in [4.78, 5) is 27.0. The lowest BCUT2D eigenvalue weighted by molar-refractivity contribution is -0.114. The van der Waals surface area contributed by atoms with Crippen molar-refractivity contribution in [2.75, 3.05) is 10.6 Å². The second kappa shape index (κ2) is 6.81. The minimum Gasteiger partial charge on any atom is -0.326 e. The van der Waals surface area contributed by atoms with Crippen LogP contribution < -0.4 is 10.6 Å². The van der Waals surface area contributed by atoms with Crippen LogP contribution in [-0.4, -0.2) is 16.8 Å². The van der Waals surface area contributed by atoms with Gasteiger partial charge in [-0.05, 0) is 31.2 Å². The lowest BCUT2D eigenvalue weighted by Crippen LogP contribution is -2.09. The first-order valence-corrected chi connectivity index (χ1v) is 7.20. The first-order chi connectivity index (χ1) is 10.0. The van der Waals surface area contributed by atoms with Gasteiger partial charge in [-0.2, -0.15) is 0 Å². The number of rotatable bonds is 4. The summed E-state index contributed by atoms with van der Waals surface area (Å²) in [7, 11) is 0. The van der Waals surface area contributed by atoms with Crippen molar-refractivity contribution in [2.24, 2.45) is 0 Å². The van der Waals surface area contributed by atoms with E-state index in [1.807, 2.05) is 12.3 Å². The highest BCUT2D eigenvalue weighted by Crippen LogP contribution is 2.15. The summed E-state index contributed by atoms with van der Waals surface area (Å²) in [5.41, 5.74) is 2.02. The molecule has 2 amide bonds. The Morgan fingerprint density at radius 2 is 1.95 bits per heavy atom. The van der Waals surface area contributed by atoms with Crippen LogP contribution in [0.2, 0.25) is 0 Å². The molecule has 6 heteroatoms. The van der Waals surface area contributed by atoms with Gasteiger partial charge in [0.1, 0.15) is 0 Å². The van der Waals surface area contributed by atoms with E-state index in [-0.39, 0.29) is 11.8 Å². The molecule has 0 spiro atoms. The summed E-state index contributed by atoms with van der Waals surface area (Å²) in [6.45, 7) is 3.35. The maximum atomic E-state index is 11.8. The average molecular weight is 301 g/mol. The van der Waals surface area contributed by atoms with Gasteiger partial charge in [-0.25, -0.2) is 4.98 Å². The fourth-order valence-corrected chi connectivity index (χ4v) is 2.26. The van der Waals surface area contributed by atoms with Gasteiger partial charge in [0, 0.05) is 29.8 Å². The molecule has 2 aromatic rings. The van der Waals surface area contributed by atoms with Gasteiger partial charge < -0.3 is 10.6 Å². The molecule has 0 radical (unpaired) electrons. The average Bonchev–Trinajstić information content (AvgIpc) is 2.82. The van der Waals surface area contributed by atoms with E-state index >= 15 is 0 Å². The number of carbonyl (C=O) groups is 2. The highest BCUT2D eigenvalue weighted by atomic mass is 32.1. The molecule has 108 valence electrons. The molecule has 1 heterocycles. The molecule has 1 aromatic heterocycles. The van der Waals surface area contributed by atoms with Crippen LogP contribution in [-0.2, 0) is 9.59 Å². The van der Waals surface area contributed by atoms with Crippen LogP contribution in [0.15, 0.2) is 35.7 Å². The molecule has 0 saturated heterocycles. The van der Waals surface area contributed by atoms with Crippen molar-refractivity contribution in [3.8, 4) is 0 Å². The van der Waals surface area contributed by atoms with Crippen molar-refractivity contribution < 1.29 is 9.59 Å². The van der Waals surface area contributed by atoms with Crippen molar-refractivity contribution in [3.05, 3.63) is 46.4 Å². The Labute approximate surface area is 126 Å². The second-order valence-corrected chi connectivity index (χ2v) is 5.44. The van der Waals surface area contributed by atoms with E-state index in [2.05, 4.69) is 15.6 Å². The summed E-state index contributed by atoms with van der Waals surface area (Å²) < 4.78 is 0. The largest absolute Gasteiger partial charge is 0.326 e. The van der Waals surface area contributed by atoms with Gasteiger partial charge in [-0.1, -0.05) is 6.07 Å². The number of amides is 2. The van der Waals surface area contributed by atoms with Gasteiger partial charge in [0.05, 0.1) is 10.7 Å². The molecule has 0 unspecified atom stereocenters. The van der Waals surface area contributed by atoms with E-state index < -0.39 is 0 Å². The molecule has 2 N–H and O–H groups in total. The molecule has 0 saturated carbocycles. The summed E-state index contributed by atoms with van der Waals surface area (Å²) in [5, 5.41) is 8.24. The van der Waals surface area contributed by atoms with Crippen molar-refractivity contribution in [1.82, 2.24) is 4.98 Å². The summed E-state index contributed by atoms with van der Waals surface area (Å²) in [5.74, 6) is -0.405. The highest BCUT2D eigenvalue weighted by molar-refractivity contribution is 7.09. The Balaban J connectivity index is 1.99. The van der Waals surface area contributed by atoms with Crippen LogP contribution in [0.4, 0.5) is 11.4 Å². The van der Waals surface area contributed by atoms with Gasteiger partial charge >= 0.3 is 0 Å². The fourth-order valence-electron chi connectivity index (χ4n) is 1.68. The molecule has 21 heavy (non-hydrogen) atoms. The van der Waals surface area contributed by atoms with Crippen LogP contribution in [0.5, 0.6) is 0 Å². The zero-order chi connectivity index (χ0) is 15.2. The number of thiazole rings is 1. The third kappa shape index (κ3) is 4.85. The molecule has 1 aromatic carbocycles. The molecule has 0 aliphatic rings. The molecular formula is C15H15N3O2S. The monoisotopic (exact) mass is 301 g/mol. The fraction of sp³-hybridized carbons (Fsp3) is 0.133. The molecular weight excluding hydrogens is 286 g/mol. The number of hydrogen-bond acceptors (Lipinski definition) is 4. The molecule has 5 nitrogen and oxygen atoms in total. The first kappa shape index (κ1) is 14.9. The normalized spacial score (nSPS) is 10.6. The Kier molecular flexibility index (Phi) is 4.84. The number of benzene rings is 1. The smallest absolute Gasteiger partial charge is 0.248 e. The number of carbonyl (C=O) groups excluding carboxylic acids is 2. The number of hydrogen-bond donors (Lipinski definition) is 2. The minimum atomic E-state index is -0.249. The maximum Gasteiger partial charge on any atom is 0.248 e. The van der Waals surface area contributed by atoms with Gasteiger partial charge in [-0.3, -0.25) is 9.59 Å². The third-order valence-electron chi connectivity index (χ3n) is 2.49. The number of anilines is 2. The lowest BCUT2D eigenvalue weighted by atomic mass is 10.2. The van der Waals surface area contributed by atoms with Gasteiger partial charge in [0.2, 0.25) is 11.8 Å². The zero-order valence-electron chi connectivity index (χ0n) is 11.7. The molecule has 2 rings (SSSR count). The zero-order valence-corrected chi connectivity index (χ0v) is 12.5. The Hall–Kier alpha value is -2.47. The highest BCUT2D eigenvalue weighted by Gasteiger charge is 2.01. The summed E-state index contributed by atoms with van der Waals surface area (Å²) in [6, 6.07) is 6.96. The molecule has 0 bridgehead atoms. The number of aromatic nitrogens is 1. The van der Waals surface area contributed by atoms with E-state index in [0.29, 0.717) is 11.4 Å². The van der Waals surface area contributed by atoms with Crippen molar-refractivity contribution >= 4 is 40.6 Å². The third-order valence-corrected chi connectivity index (χ3v) is 3.28. The Bertz CT molecular complexity index is 692. The van der Waals surface area contributed by atoms with E-state index in [0.717, 1.165) is 10.7 Å². The van der Waals surface area contributed by atoms with E-state index in [1.54, 1.807) is 30.3 Å². The van der Waals surface area contributed by atoms with Gasteiger partial charge in [-0.15, -0.1) is 11.3 Å². The van der Waals surface area contributed by atoms with Gasteiger partial charge in [0.15, 0.2) is 0 Å². The topological polar surface area (TPSA) is 71.1 Å². The van der Waals surface area contributed by atoms with Crippen LogP contribution >= 0.6 is 11.3 Å². The quantitative estimate of drug-likeness (QED) is 0.853. The number of nitrogens with one attached hydrogen (secondary N) is 2. The Morgan fingerprint density at radius 1 is 1.24 bits per heavy atom. The van der Waals surface area contributed by atoms with E-state index in [1.165, 1.54) is 24.3 Å². The van der Waals surface area contributed by atoms with Crippen LogP contribution in [0, 0.1) is 6.92 Å². The minimum absolute atomic E-state index is 0.155. The molecule has 0 atom stereocenters. The number of nitrogens with zero attached hydrogens (tertiary/aromatic N) is 1. The van der Waals surface area contributed by atoms with Crippen LogP contribution in [0.1, 0.15) is 17.6 Å². The summed E-state index contributed by atoms with van der Waals surface area (Å²) >= 11 is 1.53. The van der Waals surface area contributed by atoms with Crippen LogP contribution in [0.25, 0.3) is 6.08 Å². The molecule has 0 fully saturated rings. The van der Waals surface area contributed by atoms with E-state index in [9.17, 15) is 9.59 Å². The maximum absolute atomic E-state index is 11.8. The summed E-state index contributed by atoms with van der Waals surface area (Å²) in [6.07, 6.45) is 3.09. The lowest BCUT2D eigenvalue weighted by Gasteiger charge is -2.05. The van der Waals surface area contributed by atoms with Crippen molar-refractivity contribution in [3.63, 3.8) is 0 Å². The molecule has 0 aliphatic carbocycles. The van der Waals surface area contributed by atoms with Crippen LogP contribution in [0.3, 0.4) is 0 Å². The Morgan fingerprint density at radius 3 is 2.57 bits per heavy atom. The van der Waals surface area contributed by atoms with Gasteiger partial charge in [0.25, 0.3) is 0 Å². The molecule has 0 aliphatic heterocycles. The SMILES string of the molecule is CC(=O)Nc1cccc(NC(=O)C=Cc2csc(C)n2)c1. The predicted molar refractivity (Wildman–Crippen MR) is 85.3 cm³/mol. The second-order valence-electron chi connectivity index (χ2n) is 4.38. The van der Waals surface area contributed by atoms with E-state index in [4.69, 9.17) is 0 Å². The standard InChI is InChI=1S/C15H15N3O2S/c1-10(19)16-12-4-3-5-13(8-12)18-15(20)7-6-14-9-21-11(2)17-14/h3-9H,1-2H3,(H,16,19)(H,18,20).